The van der Waals surface area contributed by atoms with Gasteiger partial charge in [0.25, 0.3) is 0 Å². The molecule has 0 bridgehead atoms. The summed E-state index contributed by atoms with van der Waals surface area (Å²) < 4.78 is 5.28. The predicted molar refractivity (Wildman–Crippen MR) is 104 cm³/mol. The number of likely N-dealkylation sites (tertiary alicyclic amines) is 2. The molecule has 1 spiro atoms. The molecule has 2 atom stereocenters. The first-order chi connectivity index (χ1) is 13.5. The van der Waals surface area contributed by atoms with Gasteiger partial charge in [0.1, 0.15) is 5.75 Å². The van der Waals surface area contributed by atoms with Crippen molar-refractivity contribution in [2.45, 2.75) is 44.4 Å². The third-order valence-corrected chi connectivity index (χ3v) is 6.45. The van der Waals surface area contributed by atoms with Crippen molar-refractivity contribution in [3.63, 3.8) is 0 Å². The number of benzene rings is 1. The van der Waals surface area contributed by atoms with Gasteiger partial charge in [-0.15, -0.1) is 0 Å². The highest BCUT2D eigenvalue weighted by Crippen LogP contribution is 2.41. The van der Waals surface area contributed by atoms with Gasteiger partial charge in [0, 0.05) is 44.6 Å². The maximum atomic E-state index is 12.6. The topological polar surface area (TPSA) is 82.1 Å². The van der Waals surface area contributed by atoms with Gasteiger partial charge in [-0.2, -0.15) is 0 Å². The lowest BCUT2D eigenvalue weighted by Crippen LogP contribution is -2.49. The molecule has 2 N–H and O–H groups in total. The highest BCUT2D eigenvalue weighted by Gasteiger charge is 2.46. The minimum atomic E-state index is -0.428. The summed E-state index contributed by atoms with van der Waals surface area (Å²) in [4.78, 5) is 29.1. The monoisotopic (exact) mass is 387 g/mol. The van der Waals surface area contributed by atoms with E-state index in [0.717, 1.165) is 30.7 Å². The summed E-state index contributed by atoms with van der Waals surface area (Å²) in [7, 11) is 1.64. The fourth-order valence-electron chi connectivity index (χ4n) is 4.78. The zero-order chi connectivity index (χ0) is 19.7. The van der Waals surface area contributed by atoms with Crippen molar-refractivity contribution in [1.29, 1.82) is 0 Å². The van der Waals surface area contributed by atoms with Gasteiger partial charge < -0.3 is 25.0 Å². The van der Waals surface area contributed by atoms with Gasteiger partial charge in [-0.25, -0.2) is 0 Å². The number of aliphatic hydroxyl groups excluding tert-OH is 1. The predicted octanol–water partition coefficient (Wildman–Crippen LogP) is 0.759. The Morgan fingerprint density at radius 2 is 2.14 bits per heavy atom. The molecule has 3 heterocycles. The van der Waals surface area contributed by atoms with E-state index < -0.39 is 6.10 Å². The van der Waals surface area contributed by atoms with Gasteiger partial charge >= 0.3 is 0 Å². The number of methoxy groups -OCH3 is 1. The van der Waals surface area contributed by atoms with Crippen molar-refractivity contribution in [3.8, 4) is 5.75 Å². The lowest BCUT2D eigenvalue weighted by molar-refractivity contribution is -0.135. The van der Waals surface area contributed by atoms with E-state index in [1.807, 2.05) is 34.1 Å². The molecule has 7 heteroatoms. The molecule has 28 heavy (non-hydrogen) atoms. The molecule has 0 saturated carbocycles. The second-order valence-corrected chi connectivity index (χ2v) is 8.45. The standard InChI is InChI=1S/C21H29N3O4/c1-28-17-4-2-3-15(9-17)13-24-14-21(11-19(24)26)5-7-23(8-6-21)20(27)18-10-16(25)12-22-18/h2-4,9,16,18,22,25H,5-8,10-14H2,1H3. The van der Waals surface area contributed by atoms with Crippen LogP contribution < -0.4 is 10.1 Å². The van der Waals surface area contributed by atoms with Crippen LogP contribution >= 0.6 is 0 Å². The van der Waals surface area contributed by atoms with E-state index in [4.69, 9.17) is 4.74 Å². The van der Waals surface area contributed by atoms with Crippen LogP contribution in [0.3, 0.4) is 0 Å². The number of β-amino-alcohol motifs (C(OH)–C–C–N with tert-alkyl or cyclic N) is 1. The van der Waals surface area contributed by atoms with Gasteiger partial charge in [-0.1, -0.05) is 12.1 Å². The lowest BCUT2D eigenvalue weighted by Gasteiger charge is -2.39. The quantitative estimate of drug-likeness (QED) is 0.797. The summed E-state index contributed by atoms with van der Waals surface area (Å²) in [5, 5.41) is 12.7. The number of amides is 2. The summed E-state index contributed by atoms with van der Waals surface area (Å²) in [5.41, 5.74) is 1.05. The number of hydrogen-bond donors (Lipinski definition) is 2. The number of aliphatic hydroxyl groups is 1. The van der Waals surface area contributed by atoms with Crippen LogP contribution in [0, 0.1) is 5.41 Å². The van der Waals surface area contributed by atoms with Gasteiger partial charge in [0.15, 0.2) is 0 Å². The number of nitrogens with one attached hydrogen (secondary N) is 1. The maximum Gasteiger partial charge on any atom is 0.239 e. The van der Waals surface area contributed by atoms with Gasteiger partial charge in [0.05, 0.1) is 19.3 Å². The molecule has 3 aliphatic heterocycles. The molecule has 152 valence electrons. The summed E-state index contributed by atoms with van der Waals surface area (Å²) >= 11 is 0. The molecule has 1 aromatic carbocycles. The first kappa shape index (κ1) is 19.2. The number of piperidine rings is 1. The highest BCUT2D eigenvalue weighted by atomic mass is 16.5. The Morgan fingerprint density at radius 3 is 2.82 bits per heavy atom. The molecule has 3 fully saturated rings. The molecule has 0 aromatic heterocycles. The van der Waals surface area contributed by atoms with E-state index in [0.29, 0.717) is 39.0 Å². The Hall–Kier alpha value is -2.12. The molecule has 7 nitrogen and oxygen atoms in total. The van der Waals surface area contributed by atoms with E-state index in [1.165, 1.54) is 0 Å². The molecule has 0 radical (unpaired) electrons. The molecule has 3 aliphatic rings. The van der Waals surface area contributed by atoms with Crippen molar-refractivity contribution in [1.82, 2.24) is 15.1 Å². The average Bonchev–Trinajstić information content (AvgIpc) is 3.25. The Bertz CT molecular complexity index is 745. The van der Waals surface area contributed by atoms with Crippen LogP contribution in [0.4, 0.5) is 0 Å². The van der Waals surface area contributed by atoms with E-state index in [9.17, 15) is 14.7 Å². The Morgan fingerprint density at radius 1 is 1.36 bits per heavy atom. The van der Waals surface area contributed by atoms with Crippen molar-refractivity contribution >= 4 is 11.8 Å². The Labute approximate surface area is 165 Å². The van der Waals surface area contributed by atoms with Gasteiger partial charge in [-0.3, -0.25) is 9.59 Å². The van der Waals surface area contributed by atoms with E-state index in [2.05, 4.69) is 5.32 Å². The van der Waals surface area contributed by atoms with Crippen LogP contribution in [0.25, 0.3) is 0 Å². The van der Waals surface area contributed by atoms with Crippen LogP contribution in [-0.2, 0) is 16.1 Å². The average molecular weight is 387 g/mol. The first-order valence-corrected chi connectivity index (χ1v) is 10.1. The fourth-order valence-corrected chi connectivity index (χ4v) is 4.78. The minimum Gasteiger partial charge on any atom is -0.497 e. The first-order valence-electron chi connectivity index (χ1n) is 10.1. The van der Waals surface area contributed by atoms with E-state index in [-0.39, 0.29) is 23.3 Å². The lowest BCUT2D eigenvalue weighted by atomic mass is 9.77. The van der Waals surface area contributed by atoms with Crippen LogP contribution in [0.5, 0.6) is 5.75 Å². The number of ether oxygens (including phenoxy) is 1. The summed E-state index contributed by atoms with van der Waals surface area (Å²) in [6.07, 6.45) is 2.35. The molecular formula is C21H29N3O4. The fraction of sp³-hybridized carbons (Fsp3) is 0.619. The largest absolute Gasteiger partial charge is 0.497 e. The van der Waals surface area contributed by atoms with Crippen molar-refractivity contribution in [3.05, 3.63) is 29.8 Å². The number of rotatable bonds is 4. The third-order valence-electron chi connectivity index (χ3n) is 6.45. The van der Waals surface area contributed by atoms with E-state index in [1.54, 1.807) is 7.11 Å². The van der Waals surface area contributed by atoms with Crippen LogP contribution in [0.15, 0.2) is 24.3 Å². The van der Waals surface area contributed by atoms with Gasteiger partial charge in [-0.05, 0) is 37.0 Å². The van der Waals surface area contributed by atoms with Crippen LogP contribution in [-0.4, -0.2) is 72.2 Å². The maximum absolute atomic E-state index is 12.6. The number of carbonyl (C=O) groups excluding carboxylic acids is 2. The normalized spacial score (nSPS) is 26.9. The molecule has 2 unspecified atom stereocenters. The molecule has 1 aromatic rings. The Balaban J connectivity index is 1.34. The molecule has 3 saturated heterocycles. The SMILES string of the molecule is COc1cccc(CN2CC3(CCN(C(=O)C4CC(O)CN4)CC3)CC2=O)c1. The second kappa shape index (κ2) is 7.72. The number of nitrogens with zero attached hydrogens (tertiary/aromatic N) is 2. The smallest absolute Gasteiger partial charge is 0.239 e. The molecule has 2 amide bonds. The van der Waals surface area contributed by atoms with Crippen LogP contribution in [0.1, 0.15) is 31.2 Å². The van der Waals surface area contributed by atoms with Crippen molar-refractivity contribution in [2.75, 3.05) is 33.3 Å². The molecule has 4 rings (SSSR count). The summed E-state index contributed by atoms with van der Waals surface area (Å²) in [5.74, 6) is 1.09. The molecular weight excluding hydrogens is 358 g/mol. The van der Waals surface area contributed by atoms with E-state index >= 15 is 0 Å². The third kappa shape index (κ3) is 3.86. The van der Waals surface area contributed by atoms with Crippen molar-refractivity contribution in [2.24, 2.45) is 5.41 Å². The Kier molecular flexibility index (Phi) is 5.29. The van der Waals surface area contributed by atoms with Crippen molar-refractivity contribution < 1.29 is 19.4 Å². The van der Waals surface area contributed by atoms with Gasteiger partial charge in [0.2, 0.25) is 11.8 Å². The second-order valence-electron chi connectivity index (χ2n) is 8.45. The zero-order valence-corrected chi connectivity index (χ0v) is 16.4. The number of hydrogen-bond acceptors (Lipinski definition) is 5. The molecule has 0 aliphatic carbocycles. The summed E-state index contributed by atoms with van der Waals surface area (Å²) in [6, 6.07) is 7.58. The van der Waals surface area contributed by atoms with Crippen LogP contribution in [0.2, 0.25) is 0 Å². The summed E-state index contributed by atoms with van der Waals surface area (Å²) in [6.45, 7) is 3.22. The number of carbonyl (C=O) groups is 2. The highest BCUT2D eigenvalue weighted by molar-refractivity contribution is 5.83. The minimum absolute atomic E-state index is 0.0185. The zero-order valence-electron chi connectivity index (χ0n) is 16.4.